The van der Waals surface area contributed by atoms with Gasteiger partial charge in [0.15, 0.2) is 0 Å². The standard InChI is InChI=1S/C21H25N5O.CH2O2/c1-25-9-17(8-24-25)18-11-26(12-19-21(18)23-13-22-19)10-16-6-14-4-3-5-15(14)7-20(16)27-2;2-1-3/h6-9,13,18H,3-5,10-12H2,1-2H3,(H,22,23);1H,(H,2,3). The molecular formula is C22H27N5O3. The summed E-state index contributed by atoms with van der Waals surface area (Å²) in [6.45, 7) is 2.45. The van der Waals surface area contributed by atoms with Crippen LogP contribution >= 0.6 is 0 Å². The second-order valence-electron chi connectivity index (χ2n) is 7.83. The number of aromatic amines is 1. The first-order valence-electron chi connectivity index (χ1n) is 10.1. The molecule has 1 unspecified atom stereocenters. The molecule has 0 fully saturated rings. The Hall–Kier alpha value is -3.13. The molecule has 30 heavy (non-hydrogen) atoms. The van der Waals surface area contributed by atoms with Crippen molar-refractivity contribution >= 4 is 6.47 Å². The molecule has 0 bridgehead atoms. The van der Waals surface area contributed by atoms with Crippen LogP contribution in [0.2, 0.25) is 0 Å². The molecule has 8 nitrogen and oxygen atoms in total. The van der Waals surface area contributed by atoms with E-state index in [4.69, 9.17) is 14.6 Å². The van der Waals surface area contributed by atoms with Gasteiger partial charge >= 0.3 is 0 Å². The molecule has 2 N–H and O–H groups in total. The van der Waals surface area contributed by atoms with Crippen LogP contribution in [0.5, 0.6) is 5.75 Å². The maximum atomic E-state index is 8.36. The molecule has 8 heteroatoms. The van der Waals surface area contributed by atoms with E-state index in [0.717, 1.165) is 31.1 Å². The van der Waals surface area contributed by atoms with E-state index in [1.807, 2.05) is 24.3 Å². The first-order valence-corrected chi connectivity index (χ1v) is 10.1. The number of fused-ring (bicyclic) bond motifs is 2. The molecule has 0 amide bonds. The van der Waals surface area contributed by atoms with Crippen LogP contribution in [-0.4, -0.2) is 49.9 Å². The van der Waals surface area contributed by atoms with E-state index >= 15 is 0 Å². The van der Waals surface area contributed by atoms with Crippen LogP contribution in [0.3, 0.4) is 0 Å². The van der Waals surface area contributed by atoms with E-state index < -0.39 is 0 Å². The number of nitrogens with one attached hydrogen (secondary N) is 1. The molecule has 0 saturated carbocycles. The first kappa shape index (κ1) is 20.2. The molecule has 2 aliphatic rings. The summed E-state index contributed by atoms with van der Waals surface area (Å²) in [7, 11) is 3.74. The monoisotopic (exact) mass is 409 g/mol. The van der Waals surface area contributed by atoms with Gasteiger partial charge in [0.25, 0.3) is 6.47 Å². The maximum Gasteiger partial charge on any atom is 0.290 e. The Labute approximate surface area is 175 Å². The first-order chi connectivity index (χ1) is 14.6. The number of carbonyl (C=O) groups is 1. The van der Waals surface area contributed by atoms with Crippen molar-refractivity contribution in [3.05, 3.63) is 64.5 Å². The summed E-state index contributed by atoms with van der Waals surface area (Å²) in [5, 5.41) is 11.3. The minimum absolute atomic E-state index is 0.245. The molecule has 1 aliphatic carbocycles. The summed E-state index contributed by atoms with van der Waals surface area (Å²) in [6, 6.07) is 4.62. The van der Waals surface area contributed by atoms with Crippen molar-refractivity contribution in [2.45, 2.75) is 38.3 Å². The number of ether oxygens (including phenoxy) is 1. The summed E-state index contributed by atoms with van der Waals surface area (Å²) in [5.41, 5.74) is 7.81. The van der Waals surface area contributed by atoms with Gasteiger partial charge in [0.1, 0.15) is 5.75 Å². The molecule has 158 valence electrons. The van der Waals surface area contributed by atoms with Gasteiger partial charge in [-0.2, -0.15) is 5.10 Å². The minimum Gasteiger partial charge on any atom is -0.496 e. The largest absolute Gasteiger partial charge is 0.496 e. The van der Waals surface area contributed by atoms with Gasteiger partial charge in [-0.25, -0.2) is 4.98 Å². The van der Waals surface area contributed by atoms with E-state index in [2.05, 4.69) is 38.3 Å². The molecule has 1 atom stereocenters. The maximum absolute atomic E-state index is 8.36. The lowest BCUT2D eigenvalue weighted by Gasteiger charge is -2.32. The van der Waals surface area contributed by atoms with Gasteiger partial charge in [0, 0.05) is 49.9 Å². The Bertz CT molecular complexity index is 1030. The smallest absolute Gasteiger partial charge is 0.290 e. The SMILES string of the molecule is COc1cc2c(cc1CN1Cc3[nH]cnc3C(c3cnn(C)c3)C1)CCC2.O=CO. The molecule has 0 saturated heterocycles. The Morgan fingerprint density at radius 3 is 2.80 bits per heavy atom. The lowest BCUT2D eigenvalue weighted by molar-refractivity contribution is -0.122. The van der Waals surface area contributed by atoms with Gasteiger partial charge in [0.2, 0.25) is 0 Å². The fourth-order valence-electron chi connectivity index (χ4n) is 4.60. The quantitative estimate of drug-likeness (QED) is 0.643. The number of aromatic nitrogens is 4. The Balaban J connectivity index is 0.000000687. The highest BCUT2D eigenvalue weighted by Crippen LogP contribution is 2.35. The number of hydrogen-bond donors (Lipinski definition) is 2. The van der Waals surface area contributed by atoms with Crippen LogP contribution in [0, 0.1) is 0 Å². The zero-order valence-electron chi connectivity index (χ0n) is 17.3. The lowest BCUT2D eigenvalue weighted by Crippen LogP contribution is -2.34. The van der Waals surface area contributed by atoms with E-state index in [1.54, 1.807) is 7.11 Å². The van der Waals surface area contributed by atoms with Gasteiger partial charge < -0.3 is 14.8 Å². The van der Waals surface area contributed by atoms with E-state index in [1.165, 1.54) is 47.2 Å². The zero-order valence-corrected chi connectivity index (χ0v) is 17.3. The fraction of sp³-hybridized carbons (Fsp3) is 0.409. The van der Waals surface area contributed by atoms with Gasteiger partial charge in [-0.1, -0.05) is 6.07 Å². The van der Waals surface area contributed by atoms with Crippen molar-refractivity contribution in [1.29, 1.82) is 0 Å². The van der Waals surface area contributed by atoms with Crippen LogP contribution in [0.25, 0.3) is 0 Å². The van der Waals surface area contributed by atoms with Crippen molar-refractivity contribution in [3.63, 3.8) is 0 Å². The van der Waals surface area contributed by atoms with Gasteiger partial charge in [-0.05, 0) is 36.5 Å². The third-order valence-electron chi connectivity index (χ3n) is 5.92. The van der Waals surface area contributed by atoms with Crippen molar-refractivity contribution in [2.75, 3.05) is 13.7 Å². The zero-order chi connectivity index (χ0) is 21.1. The number of benzene rings is 1. The van der Waals surface area contributed by atoms with Gasteiger partial charge in [-0.3, -0.25) is 14.4 Å². The number of H-pyrrole nitrogens is 1. The summed E-state index contributed by atoms with van der Waals surface area (Å²) >= 11 is 0. The molecule has 1 aliphatic heterocycles. The topological polar surface area (TPSA) is 96.3 Å². The highest BCUT2D eigenvalue weighted by Gasteiger charge is 2.30. The molecular weight excluding hydrogens is 382 g/mol. The third-order valence-corrected chi connectivity index (χ3v) is 5.92. The molecule has 1 aromatic carbocycles. The summed E-state index contributed by atoms with van der Waals surface area (Å²) in [5.74, 6) is 1.26. The van der Waals surface area contributed by atoms with Crippen LogP contribution in [0.1, 0.15) is 46.0 Å². The Kier molecular flexibility index (Phi) is 5.85. The van der Waals surface area contributed by atoms with Crippen molar-refractivity contribution in [1.82, 2.24) is 24.6 Å². The molecule has 3 aromatic rings. The highest BCUT2D eigenvalue weighted by molar-refractivity contribution is 5.45. The normalized spacial score (nSPS) is 17.6. The van der Waals surface area contributed by atoms with Crippen LogP contribution < -0.4 is 4.74 Å². The molecule has 0 spiro atoms. The van der Waals surface area contributed by atoms with Crippen LogP contribution in [0.15, 0.2) is 30.9 Å². The van der Waals surface area contributed by atoms with Crippen molar-refractivity contribution in [2.24, 2.45) is 7.05 Å². The minimum atomic E-state index is -0.250. The average molecular weight is 409 g/mol. The van der Waals surface area contributed by atoms with E-state index in [-0.39, 0.29) is 12.4 Å². The predicted octanol–water partition coefficient (Wildman–Crippen LogP) is 2.49. The molecule has 5 rings (SSSR count). The van der Waals surface area contributed by atoms with E-state index in [9.17, 15) is 0 Å². The van der Waals surface area contributed by atoms with Crippen LogP contribution in [-0.2, 0) is 37.8 Å². The highest BCUT2D eigenvalue weighted by atomic mass is 16.5. The molecule has 2 aromatic heterocycles. The van der Waals surface area contributed by atoms with Crippen LogP contribution in [0.4, 0.5) is 0 Å². The number of methoxy groups -OCH3 is 1. The lowest BCUT2D eigenvalue weighted by atomic mass is 9.92. The number of carboxylic acid groups (broad SMARTS) is 1. The number of nitrogens with zero attached hydrogens (tertiary/aromatic N) is 4. The summed E-state index contributed by atoms with van der Waals surface area (Å²) < 4.78 is 7.59. The van der Waals surface area contributed by atoms with Crippen molar-refractivity contribution in [3.8, 4) is 5.75 Å². The molecule has 3 heterocycles. The number of aryl methyl sites for hydroxylation is 3. The Morgan fingerprint density at radius 2 is 2.10 bits per heavy atom. The van der Waals surface area contributed by atoms with Gasteiger partial charge in [0.05, 0.1) is 31.0 Å². The number of rotatable bonds is 4. The number of hydrogen-bond acceptors (Lipinski definition) is 5. The number of imidazole rings is 1. The average Bonchev–Trinajstić information content (AvgIpc) is 3.47. The Morgan fingerprint density at radius 1 is 1.33 bits per heavy atom. The second-order valence-corrected chi connectivity index (χ2v) is 7.83. The molecule has 0 radical (unpaired) electrons. The summed E-state index contributed by atoms with van der Waals surface area (Å²) in [4.78, 5) is 18.8. The predicted molar refractivity (Wildman–Crippen MR) is 111 cm³/mol. The van der Waals surface area contributed by atoms with Crippen molar-refractivity contribution < 1.29 is 14.6 Å². The summed E-state index contributed by atoms with van der Waals surface area (Å²) in [6.07, 6.45) is 9.50. The third kappa shape index (κ3) is 3.95. The second kappa shape index (κ2) is 8.71. The fourth-order valence-corrected chi connectivity index (χ4v) is 4.60. The van der Waals surface area contributed by atoms with Gasteiger partial charge in [-0.15, -0.1) is 0 Å². The van der Waals surface area contributed by atoms with E-state index in [0.29, 0.717) is 0 Å².